The summed E-state index contributed by atoms with van der Waals surface area (Å²) in [5.74, 6) is 0.611. The molecule has 3 atom stereocenters. The highest BCUT2D eigenvalue weighted by Gasteiger charge is 2.35. The Morgan fingerprint density at radius 2 is 1.82 bits per heavy atom. The summed E-state index contributed by atoms with van der Waals surface area (Å²) in [6.07, 6.45) is 6.43. The average Bonchev–Trinajstić information content (AvgIpc) is 2.67. The lowest BCUT2D eigenvalue weighted by atomic mass is 9.89. The van der Waals surface area contributed by atoms with Gasteiger partial charge >= 0.3 is 0 Å². The van der Waals surface area contributed by atoms with Crippen LogP contribution in [0.2, 0.25) is 0 Å². The molecule has 0 spiro atoms. The minimum Gasteiger partial charge on any atom is -0.339 e. The molecule has 0 aromatic rings. The molecule has 2 saturated heterocycles. The van der Waals surface area contributed by atoms with Crippen LogP contribution < -0.4 is 5.32 Å². The van der Waals surface area contributed by atoms with E-state index >= 15 is 0 Å². The molecular formula is C15H29ClN2O3S. The molecule has 1 N–H and O–H groups in total. The largest absolute Gasteiger partial charge is 0.339 e. The van der Waals surface area contributed by atoms with Crippen LogP contribution >= 0.6 is 12.4 Å². The van der Waals surface area contributed by atoms with Crippen LogP contribution in [0.1, 0.15) is 46.0 Å². The summed E-state index contributed by atoms with van der Waals surface area (Å²) >= 11 is 0. The van der Waals surface area contributed by atoms with E-state index in [0.717, 1.165) is 12.8 Å². The van der Waals surface area contributed by atoms with E-state index in [4.69, 9.17) is 0 Å². The molecule has 0 aromatic carbocycles. The van der Waals surface area contributed by atoms with Gasteiger partial charge in [-0.25, -0.2) is 8.42 Å². The molecule has 22 heavy (non-hydrogen) atoms. The molecule has 2 aliphatic heterocycles. The van der Waals surface area contributed by atoms with Crippen LogP contribution in [0.3, 0.4) is 0 Å². The number of fused-ring (bicyclic) bond motifs is 2. The van der Waals surface area contributed by atoms with Crippen LogP contribution in [-0.4, -0.2) is 55.9 Å². The van der Waals surface area contributed by atoms with Crippen molar-refractivity contribution in [1.29, 1.82) is 0 Å². The van der Waals surface area contributed by atoms with E-state index in [1.54, 1.807) is 4.90 Å². The van der Waals surface area contributed by atoms with Crippen LogP contribution in [0, 0.1) is 5.92 Å². The summed E-state index contributed by atoms with van der Waals surface area (Å²) in [5, 5.41) is 3.59. The molecule has 3 unspecified atom stereocenters. The van der Waals surface area contributed by atoms with Gasteiger partial charge in [0.15, 0.2) is 0 Å². The topological polar surface area (TPSA) is 66.5 Å². The van der Waals surface area contributed by atoms with Crippen molar-refractivity contribution in [3.8, 4) is 0 Å². The Morgan fingerprint density at radius 3 is 2.27 bits per heavy atom. The van der Waals surface area contributed by atoms with Gasteiger partial charge in [-0.05, 0) is 45.4 Å². The predicted octanol–water partition coefficient (Wildman–Crippen LogP) is 1.61. The molecule has 2 heterocycles. The molecule has 0 aliphatic carbocycles. The molecule has 1 amide bonds. The molecule has 2 aliphatic rings. The molecule has 2 rings (SSSR count). The van der Waals surface area contributed by atoms with Gasteiger partial charge in [0.25, 0.3) is 0 Å². The van der Waals surface area contributed by atoms with E-state index in [1.807, 2.05) is 13.8 Å². The quantitative estimate of drug-likeness (QED) is 0.788. The Labute approximate surface area is 140 Å². The van der Waals surface area contributed by atoms with Crippen molar-refractivity contribution in [2.45, 2.75) is 64.1 Å². The fraction of sp³-hybridized carbons (Fsp3) is 0.933. The second kappa shape index (κ2) is 7.97. The summed E-state index contributed by atoms with van der Waals surface area (Å²) in [7, 11) is -3.06. The van der Waals surface area contributed by atoms with Crippen LogP contribution in [0.4, 0.5) is 0 Å². The van der Waals surface area contributed by atoms with Crippen LogP contribution in [0.15, 0.2) is 0 Å². The van der Waals surface area contributed by atoms with Gasteiger partial charge in [0.2, 0.25) is 5.91 Å². The third-order valence-corrected chi connectivity index (χ3v) is 5.86. The van der Waals surface area contributed by atoms with Gasteiger partial charge in [0.05, 0.1) is 5.75 Å². The summed E-state index contributed by atoms with van der Waals surface area (Å²) in [5.41, 5.74) is 0. The molecule has 5 nitrogen and oxygen atoms in total. The van der Waals surface area contributed by atoms with Gasteiger partial charge in [-0.1, -0.05) is 0 Å². The first-order valence-corrected chi connectivity index (χ1v) is 10.1. The summed E-state index contributed by atoms with van der Waals surface area (Å²) < 4.78 is 22.8. The van der Waals surface area contributed by atoms with Crippen LogP contribution in [0.5, 0.6) is 0 Å². The number of amides is 1. The van der Waals surface area contributed by atoms with E-state index in [2.05, 4.69) is 5.32 Å². The minimum absolute atomic E-state index is 0. The fourth-order valence-corrected chi connectivity index (χ4v) is 5.02. The predicted molar refractivity (Wildman–Crippen MR) is 91.1 cm³/mol. The fourth-order valence-electron chi connectivity index (χ4n) is 3.97. The van der Waals surface area contributed by atoms with Crippen molar-refractivity contribution < 1.29 is 13.2 Å². The average molecular weight is 353 g/mol. The number of nitrogens with one attached hydrogen (secondary N) is 1. The number of hydrogen-bond acceptors (Lipinski definition) is 4. The van der Waals surface area contributed by atoms with Crippen molar-refractivity contribution in [2.75, 3.05) is 18.6 Å². The number of sulfone groups is 1. The van der Waals surface area contributed by atoms with E-state index < -0.39 is 9.84 Å². The third kappa shape index (κ3) is 5.39. The Kier molecular flexibility index (Phi) is 7.15. The SMILES string of the molecule is CCN(C(=O)CC1CC2CCC(C1)N2)C(C)CS(C)(=O)=O.Cl. The number of carbonyl (C=O) groups is 1. The molecule has 130 valence electrons. The summed E-state index contributed by atoms with van der Waals surface area (Å²) in [4.78, 5) is 14.2. The number of hydrogen-bond donors (Lipinski definition) is 1. The molecule has 0 radical (unpaired) electrons. The first-order valence-electron chi connectivity index (χ1n) is 8.01. The van der Waals surface area contributed by atoms with E-state index in [0.29, 0.717) is 31.0 Å². The first kappa shape index (κ1) is 19.7. The second-order valence-electron chi connectivity index (χ2n) is 6.80. The molecule has 2 fully saturated rings. The lowest BCUT2D eigenvalue weighted by molar-refractivity contribution is -0.133. The number of carbonyl (C=O) groups excluding carboxylic acids is 1. The lowest BCUT2D eigenvalue weighted by Crippen LogP contribution is -2.44. The van der Waals surface area contributed by atoms with Crippen molar-refractivity contribution >= 4 is 28.2 Å². The van der Waals surface area contributed by atoms with E-state index in [-0.39, 0.29) is 30.1 Å². The summed E-state index contributed by atoms with van der Waals surface area (Å²) in [6.45, 7) is 4.32. The number of halogens is 1. The zero-order valence-electron chi connectivity index (χ0n) is 13.7. The van der Waals surface area contributed by atoms with Crippen molar-refractivity contribution in [3.63, 3.8) is 0 Å². The molecular weight excluding hydrogens is 324 g/mol. The van der Waals surface area contributed by atoms with E-state index in [1.165, 1.54) is 19.1 Å². The molecule has 0 saturated carbocycles. The van der Waals surface area contributed by atoms with Crippen LogP contribution in [-0.2, 0) is 14.6 Å². The maximum atomic E-state index is 12.5. The van der Waals surface area contributed by atoms with Gasteiger partial charge in [-0.3, -0.25) is 4.79 Å². The highest BCUT2D eigenvalue weighted by Crippen LogP contribution is 2.33. The Balaban J connectivity index is 0.00000242. The van der Waals surface area contributed by atoms with Crippen LogP contribution in [0.25, 0.3) is 0 Å². The maximum absolute atomic E-state index is 12.5. The number of piperidine rings is 1. The first-order chi connectivity index (χ1) is 9.78. The van der Waals surface area contributed by atoms with Gasteiger partial charge in [0, 0.05) is 37.3 Å². The summed E-state index contributed by atoms with van der Waals surface area (Å²) in [6, 6.07) is 0.936. The van der Waals surface area contributed by atoms with Crippen molar-refractivity contribution in [1.82, 2.24) is 10.2 Å². The molecule has 7 heteroatoms. The second-order valence-corrected chi connectivity index (χ2v) is 8.99. The lowest BCUT2D eigenvalue weighted by Gasteiger charge is -2.32. The Hall–Kier alpha value is -0.330. The normalized spacial score (nSPS) is 28.8. The van der Waals surface area contributed by atoms with Gasteiger partial charge in [0.1, 0.15) is 9.84 Å². The molecule has 2 bridgehead atoms. The number of nitrogens with zero attached hydrogens (tertiary/aromatic N) is 1. The smallest absolute Gasteiger partial charge is 0.223 e. The van der Waals surface area contributed by atoms with Gasteiger partial charge < -0.3 is 10.2 Å². The highest BCUT2D eigenvalue weighted by molar-refractivity contribution is 7.90. The Morgan fingerprint density at radius 1 is 1.27 bits per heavy atom. The maximum Gasteiger partial charge on any atom is 0.223 e. The van der Waals surface area contributed by atoms with E-state index in [9.17, 15) is 13.2 Å². The highest BCUT2D eigenvalue weighted by atomic mass is 35.5. The zero-order chi connectivity index (χ0) is 15.6. The standard InChI is InChI=1S/C15H28N2O3S.ClH/c1-4-17(11(2)10-21(3,19)20)15(18)9-12-7-13-5-6-14(8-12)16-13;/h11-14,16H,4-10H2,1-3H3;1H. The van der Waals surface area contributed by atoms with Crippen molar-refractivity contribution in [3.05, 3.63) is 0 Å². The molecule has 0 aromatic heterocycles. The van der Waals surface area contributed by atoms with Gasteiger partial charge in [-0.15, -0.1) is 12.4 Å². The Bertz CT molecular complexity index is 471. The zero-order valence-corrected chi connectivity index (χ0v) is 15.4. The monoisotopic (exact) mass is 352 g/mol. The minimum atomic E-state index is -3.06. The van der Waals surface area contributed by atoms with Gasteiger partial charge in [-0.2, -0.15) is 0 Å². The third-order valence-electron chi connectivity index (χ3n) is 4.77. The van der Waals surface area contributed by atoms with Crippen molar-refractivity contribution in [2.24, 2.45) is 5.92 Å². The number of rotatable bonds is 6.